The molecule has 1 N–H and O–H groups in total. The second kappa shape index (κ2) is 4.84. The van der Waals surface area contributed by atoms with Crippen molar-refractivity contribution in [2.45, 2.75) is 6.92 Å². The van der Waals surface area contributed by atoms with Gasteiger partial charge in [-0.05, 0) is 29.5 Å². The summed E-state index contributed by atoms with van der Waals surface area (Å²) < 4.78 is 4.81. The maximum absolute atomic E-state index is 11.9. The van der Waals surface area contributed by atoms with Crippen molar-refractivity contribution in [2.75, 3.05) is 7.11 Å². The zero-order valence-electron chi connectivity index (χ0n) is 10.6. The van der Waals surface area contributed by atoms with Crippen molar-refractivity contribution < 1.29 is 9.53 Å². The number of nitrogens with one attached hydrogen (secondary N) is 1. The Kier molecular flexibility index (Phi) is 3.15. The Morgan fingerprint density at radius 1 is 1.45 bits per heavy atom. The monoisotopic (exact) mass is 308 g/mol. The van der Waals surface area contributed by atoms with Crippen LogP contribution in [0.1, 0.15) is 15.2 Å². The fraction of sp³-hybridized carbons (Fsp3) is 0.167. The molecule has 3 aromatic rings. The van der Waals surface area contributed by atoms with Crippen molar-refractivity contribution in [3.63, 3.8) is 0 Å². The summed E-state index contributed by atoms with van der Waals surface area (Å²) in [7, 11) is 1.35. The summed E-state index contributed by atoms with van der Waals surface area (Å²) in [4.78, 5) is 20.7. The maximum atomic E-state index is 11.9. The van der Waals surface area contributed by atoms with Crippen molar-refractivity contribution in [2.24, 2.45) is 0 Å². The molecule has 0 aromatic carbocycles. The first-order valence-electron chi connectivity index (χ1n) is 5.65. The summed E-state index contributed by atoms with van der Waals surface area (Å²) in [5.74, 6) is -0.399. The third-order valence-electron chi connectivity index (χ3n) is 2.87. The van der Waals surface area contributed by atoms with Crippen LogP contribution in [-0.4, -0.2) is 33.2 Å². The Hall–Kier alpha value is -1.99. The van der Waals surface area contributed by atoms with Gasteiger partial charge < -0.3 is 4.74 Å². The first-order chi connectivity index (χ1) is 9.61. The molecule has 0 saturated carbocycles. The molecule has 0 unspecified atom stereocenters. The molecule has 3 heterocycles. The van der Waals surface area contributed by atoms with Gasteiger partial charge in [0.1, 0.15) is 4.88 Å². The lowest BCUT2D eigenvalue weighted by Crippen LogP contribution is -2.02. The molecule has 0 radical (unpaired) electrons. The lowest BCUT2D eigenvalue weighted by atomic mass is 10.1. The normalized spacial score (nSPS) is 10.9. The number of thiophene rings is 1. The number of nitrogens with zero attached hydrogens (tertiary/aromatic N) is 3. The van der Waals surface area contributed by atoms with Crippen molar-refractivity contribution in [3.8, 4) is 11.3 Å². The van der Waals surface area contributed by atoms with Crippen LogP contribution in [0.15, 0.2) is 11.6 Å². The summed E-state index contributed by atoms with van der Waals surface area (Å²) in [6.45, 7) is 1.90. The van der Waals surface area contributed by atoms with E-state index in [1.807, 2.05) is 12.3 Å². The van der Waals surface area contributed by atoms with Gasteiger partial charge in [0.15, 0.2) is 5.65 Å². The number of aromatic nitrogens is 4. The van der Waals surface area contributed by atoms with E-state index in [1.54, 1.807) is 6.20 Å². The standard InChI is InChI=1S/C12H9ClN4O2S/c1-5-4-20-9(11(18)19-2)7(5)8-6-3-14-17-10(6)16-12(13)15-8/h3-4H,1-2H3,(H,14,15,16,17). The summed E-state index contributed by atoms with van der Waals surface area (Å²) in [6.07, 6.45) is 1.61. The summed E-state index contributed by atoms with van der Waals surface area (Å²) in [5.41, 5.74) is 2.74. The number of hydrogen-bond donors (Lipinski definition) is 1. The fourth-order valence-corrected chi connectivity index (χ4v) is 3.12. The average molecular weight is 309 g/mol. The van der Waals surface area contributed by atoms with E-state index in [0.29, 0.717) is 27.2 Å². The van der Waals surface area contributed by atoms with Gasteiger partial charge in [0.05, 0.1) is 24.4 Å². The highest BCUT2D eigenvalue weighted by Crippen LogP contribution is 2.35. The van der Waals surface area contributed by atoms with Gasteiger partial charge in [-0.2, -0.15) is 10.1 Å². The van der Waals surface area contributed by atoms with E-state index in [1.165, 1.54) is 18.4 Å². The van der Waals surface area contributed by atoms with Crippen molar-refractivity contribution in [1.29, 1.82) is 0 Å². The van der Waals surface area contributed by atoms with E-state index >= 15 is 0 Å². The lowest BCUT2D eigenvalue weighted by molar-refractivity contribution is 0.0607. The van der Waals surface area contributed by atoms with E-state index in [9.17, 15) is 4.79 Å². The van der Waals surface area contributed by atoms with Crippen LogP contribution in [0.25, 0.3) is 22.3 Å². The largest absolute Gasteiger partial charge is 0.465 e. The molecule has 20 heavy (non-hydrogen) atoms. The van der Waals surface area contributed by atoms with E-state index in [4.69, 9.17) is 16.3 Å². The first kappa shape index (κ1) is 13.0. The number of H-pyrrole nitrogens is 1. The molecule has 8 heteroatoms. The van der Waals surface area contributed by atoms with Gasteiger partial charge >= 0.3 is 5.97 Å². The van der Waals surface area contributed by atoms with E-state index in [-0.39, 0.29) is 5.28 Å². The third kappa shape index (κ3) is 1.95. The molecule has 0 amide bonds. The highest BCUT2D eigenvalue weighted by molar-refractivity contribution is 7.12. The SMILES string of the molecule is COC(=O)c1scc(C)c1-c1nc(Cl)nc2[nH]ncc12. The van der Waals surface area contributed by atoms with Crippen molar-refractivity contribution in [1.82, 2.24) is 20.2 Å². The highest BCUT2D eigenvalue weighted by Gasteiger charge is 2.22. The molecular weight excluding hydrogens is 300 g/mol. The second-order valence-electron chi connectivity index (χ2n) is 4.09. The van der Waals surface area contributed by atoms with Crippen LogP contribution in [0.2, 0.25) is 5.28 Å². The zero-order valence-corrected chi connectivity index (χ0v) is 12.2. The fourth-order valence-electron chi connectivity index (χ4n) is 1.98. The predicted molar refractivity (Wildman–Crippen MR) is 76.1 cm³/mol. The first-order valence-corrected chi connectivity index (χ1v) is 6.91. The molecule has 0 spiro atoms. The number of rotatable bonds is 2. The lowest BCUT2D eigenvalue weighted by Gasteiger charge is -2.05. The van der Waals surface area contributed by atoms with Crippen LogP contribution in [0.5, 0.6) is 0 Å². The molecule has 0 fully saturated rings. The molecule has 0 aliphatic rings. The topological polar surface area (TPSA) is 80.8 Å². The predicted octanol–water partition coefficient (Wildman–Crippen LogP) is 2.83. The summed E-state index contributed by atoms with van der Waals surface area (Å²) >= 11 is 7.25. The van der Waals surface area contributed by atoms with Crippen LogP contribution in [0.3, 0.4) is 0 Å². The number of ether oxygens (including phenoxy) is 1. The molecule has 0 bridgehead atoms. The van der Waals surface area contributed by atoms with E-state index < -0.39 is 5.97 Å². The van der Waals surface area contributed by atoms with Gasteiger partial charge in [0.25, 0.3) is 0 Å². The molecule has 3 aromatic heterocycles. The van der Waals surface area contributed by atoms with Crippen LogP contribution in [0.4, 0.5) is 0 Å². The van der Waals surface area contributed by atoms with Crippen LogP contribution in [0, 0.1) is 6.92 Å². The van der Waals surface area contributed by atoms with Gasteiger partial charge in [-0.1, -0.05) is 0 Å². The Morgan fingerprint density at radius 2 is 2.25 bits per heavy atom. The number of halogens is 1. The Bertz CT molecular complexity index is 811. The molecule has 102 valence electrons. The molecule has 6 nitrogen and oxygen atoms in total. The molecule has 0 aliphatic carbocycles. The van der Waals surface area contributed by atoms with Crippen molar-refractivity contribution in [3.05, 3.63) is 27.3 Å². The number of fused-ring (bicyclic) bond motifs is 1. The second-order valence-corrected chi connectivity index (χ2v) is 5.31. The van der Waals surface area contributed by atoms with E-state index in [2.05, 4.69) is 20.2 Å². The zero-order chi connectivity index (χ0) is 14.3. The summed E-state index contributed by atoms with van der Waals surface area (Å²) in [6, 6.07) is 0. The minimum absolute atomic E-state index is 0.0955. The Labute approximate surface area is 122 Å². The molecule has 3 rings (SSSR count). The number of carbonyl (C=O) groups is 1. The van der Waals surface area contributed by atoms with Crippen LogP contribution in [-0.2, 0) is 4.74 Å². The third-order valence-corrected chi connectivity index (χ3v) is 4.11. The highest BCUT2D eigenvalue weighted by atomic mass is 35.5. The van der Waals surface area contributed by atoms with E-state index in [0.717, 1.165) is 5.56 Å². The van der Waals surface area contributed by atoms with Crippen LogP contribution >= 0.6 is 22.9 Å². The number of aromatic amines is 1. The Morgan fingerprint density at radius 3 is 3.00 bits per heavy atom. The minimum atomic E-state index is -0.399. The number of hydrogen-bond acceptors (Lipinski definition) is 6. The van der Waals surface area contributed by atoms with Gasteiger partial charge in [-0.15, -0.1) is 11.3 Å². The molecule has 0 atom stereocenters. The Balaban J connectivity index is 2.33. The average Bonchev–Trinajstić information content (AvgIpc) is 3.03. The van der Waals surface area contributed by atoms with Gasteiger partial charge in [0.2, 0.25) is 5.28 Å². The number of carbonyl (C=O) groups excluding carboxylic acids is 1. The van der Waals surface area contributed by atoms with Gasteiger partial charge in [0, 0.05) is 5.56 Å². The number of esters is 1. The van der Waals surface area contributed by atoms with Gasteiger partial charge in [-0.3, -0.25) is 5.10 Å². The van der Waals surface area contributed by atoms with Crippen LogP contribution < -0.4 is 0 Å². The minimum Gasteiger partial charge on any atom is -0.465 e. The van der Waals surface area contributed by atoms with Crippen molar-refractivity contribution >= 4 is 39.9 Å². The molecule has 0 saturated heterocycles. The molecule has 0 aliphatic heterocycles. The summed E-state index contributed by atoms with van der Waals surface area (Å²) in [5, 5.41) is 9.37. The molecular formula is C12H9ClN4O2S. The maximum Gasteiger partial charge on any atom is 0.348 e. The number of methoxy groups -OCH3 is 1. The quantitative estimate of drug-likeness (QED) is 0.581. The smallest absolute Gasteiger partial charge is 0.348 e. The number of aryl methyl sites for hydroxylation is 1. The van der Waals surface area contributed by atoms with Gasteiger partial charge in [-0.25, -0.2) is 9.78 Å².